The first-order valence-electron chi connectivity index (χ1n) is 5.15. The van der Waals surface area contributed by atoms with Crippen LogP contribution in [0.5, 0.6) is 5.75 Å². The third kappa shape index (κ3) is 2.83. The molecular weight excluding hydrogens is 238 g/mol. The lowest BCUT2D eigenvalue weighted by Gasteiger charge is -2.08. The molecule has 0 bridgehead atoms. The van der Waals surface area contributed by atoms with Crippen LogP contribution in [0.25, 0.3) is 5.82 Å². The molecule has 0 spiro atoms. The lowest BCUT2D eigenvalue weighted by molar-refractivity contribution is -0.148. The van der Waals surface area contributed by atoms with Crippen molar-refractivity contribution in [3.05, 3.63) is 37.1 Å². The van der Waals surface area contributed by atoms with Crippen LogP contribution in [-0.4, -0.2) is 43.4 Å². The number of aliphatic hydroxyl groups is 1. The van der Waals surface area contributed by atoms with Gasteiger partial charge in [-0.2, -0.15) is 0 Å². The minimum atomic E-state index is -1.54. The van der Waals surface area contributed by atoms with E-state index < -0.39 is 12.1 Å². The van der Waals surface area contributed by atoms with Gasteiger partial charge in [0, 0.05) is 12.4 Å². The lowest BCUT2D eigenvalue weighted by Crippen LogP contribution is -2.26. The van der Waals surface area contributed by atoms with Crippen LogP contribution in [0.1, 0.15) is 0 Å². The van der Waals surface area contributed by atoms with Gasteiger partial charge in [-0.3, -0.25) is 4.57 Å². The number of imidazole rings is 1. The number of aliphatic carboxylic acids is 1. The molecule has 7 nitrogen and oxygen atoms in total. The zero-order valence-corrected chi connectivity index (χ0v) is 9.30. The molecule has 0 saturated heterocycles. The van der Waals surface area contributed by atoms with E-state index in [0.29, 0.717) is 11.6 Å². The van der Waals surface area contributed by atoms with Crippen LogP contribution < -0.4 is 4.74 Å². The average molecular weight is 249 g/mol. The maximum absolute atomic E-state index is 10.4. The van der Waals surface area contributed by atoms with Gasteiger partial charge in [0.05, 0.1) is 6.20 Å². The monoisotopic (exact) mass is 249 g/mol. The van der Waals surface area contributed by atoms with Gasteiger partial charge in [0.25, 0.3) is 0 Å². The van der Waals surface area contributed by atoms with E-state index in [2.05, 4.69) is 9.97 Å². The van der Waals surface area contributed by atoms with Gasteiger partial charge in [-0.25, -0.2) is 14.8 Å². The maximum atomic E-state index is 10.4. The lowest BCUT2D eigenvalue weighted by atomic mass is 10.4. The second-order valence-corrected chi connectivity index (χ2v) is 3.49. The molecule has 0 aliphatic heterocycles. The number of aromatic nitrogens is 3. The molecule has 0 aliphatic carbocycles. The zero-order chi connectivity index (χ0) is 13.0. The van der Waals surface area contributed by atoms with Crippen LogP contribution in [0, 0.1) is 0 Å². The Morgan fingerprint density at radius 2 is 2.33 bits per heavy atom. The molecule has 0 aliphatic rings. The Labute approximate surface area is 102 Å². The van der Waals surface area contributed by atoms with Gasteiger partial charge >= 0.3 is 5.97 Å². The van der Waals surface area contributed by atoms with E-state index >= 15 is 0 Å². The summed E-state index contributed by atoms with van der Waals surface area (Å²) in [5.74, 6) is -0.268. The summed E-state index contributed by atoms with van der Waals surface area (Å²) in [5.41, 5.74) is 0. The van der Waals surface area contributed by atoms with Crippen molar-refractivity contribution < 1.29 is 19.7 Å². The second-order valence-electron chi connectivity index (χ2n) is 3.49. The van der Waals surface area contributed by atoms with E-state index in [1.807, 2.05) is 0 Å². The number of hydrogen-bond acceptors (Lipinski definition) is 5. The molecule has 0 aromatic carbocycles. The van der Waals surface area contributed by atoms with Crippen molar-refractivity contribution in [1.29, 1.82) is 0 Å². The first kappa shape index (κ1) is 12.1. The molecular formula is C11H11N3O4. The molecule has 2 rings (SSSR count). The number of carboxylic acid groups (broad SMARTS) is 1. The quantitative estimate of drug-likeness (QED) is 0.779. The molecule has 7 heteroatoms. The Kier molecular flexibility index (Phi) is 3.54. The van der Waals surface area contributed by atoms with E-state index in [9.17, 15) is 4.79 Å². The largest absolute Gasteiger partial charge is 0.489 e. The van der Waals surface area contributed by atoms with Crippen LogP contribution in [-0.2, 0) is 4.79 Å². The normalized spacial score (nSPS) is 12.1. The molecule has 1 atom stereocenters. The van der Waals surface area contributed by atoms with E-state index in [0.717, 1.165) is 0 Å². The van der Waals surface area contributed by atoms with E-state index in [1.54, 1.807) is 35.4 Å². The van der Waals surface area contributed by atoms with Gasteiger partial charge < -0.3 is 14.9 Å². The molecule has 2 aromatic rings. The molecule has 0 fully saturated rings. The summed E-state index contributed by atoms with van der Waals surface area (Å²) in [6.45, 7) is -0.318. The Bertz CT molecular complexity index is 510. The van der Waals surface area contributed by atoms with Crippen LogP contribution in [0.3, 0.4) is 0 Å². The van der Waals surface area contributed by atoms with Crippen molar-refractivity contribution in [2.45, 2.75) is 6.10 Å². The van der Waals surface area contributed by atoms with Gasteiger partial charge in [0.1, 0.15) is 24.5 Å². The zero-order valence-electron chi connectivity index (χ0n) is 9.30. The number of hydrogen-bond donors (Lipinski definition) is 2. The van der Waals surface area contributed by atoms with Gasteiger partial charge in [-0.1, -0.05) is 0 Å². The molecule has 0 saturated carbocycles. The fourth-order valence-corrected chi connectivity index (χ4v) is 1.25. The predicted molar refractivity (Wildman–Crippen MR) is 60.5 cm³/mol. The van der Waals surface area contributed by atoms with Crippen LogP contribution in [0.4, 0.5) is 0 Å². The molecule has 0 radical (unpaired) electrons. The van der Waals surface area contributed by atoms with Crippen molar-refractivity contribution >= 4 is 5.97 Å². The number of aliphatic hydroxyl groups excluding tert-OH is 1. The molecule has 18 heavy (non-hydrogen) atoms. The van der Waals surface area contributed by atoms with Gasteiger partial charge in [0.2, 0.25) is 0 Å². The molecule has 0 amide bonds. The van der Waals surface area contributed by atoms with E-state index in [4.69, 9.17) is 14.9 Å². The average Bonchev–Trinajstić information content (AvgIpc) is 2.90. The summed E-state index contributed by atoms with van der Waals surface area (Å²) in [7, 11) is 0. The third-order valence-electron chi connectivity index (χ3n) is 2.18. The predicted octanol–water partition coefficient (Wildman–Crippen LogP) is 0.0916. The number of rotatable bonds is 5. The Balaban J connectivity index is 1.98. The van der Waals surface area contributed by atoms with Crippen molar-refractivity contribution in [3.63, 3.8) is 0 Å². The molecule has 2 heterocycles. The van der Waals surface area contributed by atoms with Crippen LogP contribution in [0.2, 0.25) is 0 Å². The summed E-state index contributed by atoms with van der Waals surface area (Å²) >= 11 is 0. The minimum Gasteiger partial charge on any atom is -0.489 e. The number of carbonyl (C=O) groups is 1. The van der Waals surface area contributed by atoms with Crippen molar-refractivity contribution in [2.75, 3.05) is 6.61 Å². The SMILES string of the molecule is O=C(O)C(O)COc1ccc(-n2ccnc2)nc1. The third-order valence-corrected chi connectivity index (χ3v) is 2.18. The highest BCUT2D eigenvalue weighted by Crippen LogP contribution is 2.11. The Hall–Kier alpha value is -2.41. The molecule has 1 unspecified atom stereocenters. The highest BCUT2D eigenvalue weighted by molar-refractivity contribution is 5.72. The van der Waals surface area contributed by atoms with Crippen molar-refractivity contribution in [1.82, 2.24) is 14.5 Å². The van der Waals surface area contributed by atoms with E-state index in [-0.39, 0.29) is 6.61 Å². The van der Waals surface area contributed by atoms with E-state index in [1.165, 1.54) is 6.20 Å². The first-order chi connectivity index (χ1) is 8.66. The number of nitrogens with zero attached hydrogens (tertiary/aromatic N) is 3. The topological polar surface area (TPSA) is 97.5 Å². The molecule has 94 valence electrons. The van der Waals surface area contributed by atoms with Gasteiger partial charge in [-0.15, -0.1) is 0 Å². The summed E-state index contributed by atoms with van der Waals surface area (Å²) in [5, 5.41) is 17.5. The van der Waals surface area contributed by atoms with Crippen molar-refractivity contribution in [3.8, 4) is 11.6 Å². The van der Waals surface area contributed by atoms with Crippen LogP contribution in [0.15, 0.2) is 37.1 Å². The maximum Gasteiger partial charge on any atom is 0.336 e. The Morgan fingerprint density at radius 1 is 1.50 bits per heavy atom. The first-order valence-corrected chi connectivity index (χ1v) is 5.15. The number of pyridine rings is 1. The second kappa shape index (κ2) is 5.28. The summed E-state index contributed by atoms with van der Waals surface area (Å²) in [6.07, 6.45) is 4.89. The highest BCUT2D eigenvalue weighted by atomic mass is 16.5. The molecule has 2 N–H and O–H groups in total. The highest BCUT2D eigenvalue weighted by Gasteiger charge is 2.13. The Morgan fingerprint density at radius 3 is 2.89 bits per heavy atom. The smallest absolute Gasteiger partial charge is 0.336 e. The summed E-state index contributed by atoms with van der Waals surface area (Å²) < 4.78 is 6.80. The van der Waals surface area contributed by atoms with Crippen molar-refractivity contribution in [2.24, 2.45) is 0 Å². The summed E-state index contributed by atoms with van der Waals surface area (Å²) in [6, 6.07) is 3.33. The fourth-order valence-electron chi connectivity index (χ4n) is 1.25. The van der Waals surface area contributed by atoms with Crippen LogP contribution >= 0.6 is 0 Å². The number of carboxylic acids is 1. The van der Waals surface area contributed by atoms with Gasteiger partial charge in [-0.05, 0) is 12.1 Å². The fraction of sp³-hybridized carbons (Fsp3) is 0.182. The standard InChI is InChI=1S/C11H11N3O4/c15-9(11(16)17)6-18-8-1-2-10(13-5-8)14-4-3-12-7-14/h1-5,7,9,15H,6H2,(H,16,17). The summed E-state index contributed by atoms with van der Waals surface area (Å²) in [4.78, 5) is 18.4. The number of ether oxygens (including phenoxy) is 1. The molecule has 2 aromatic heterocycles. The van der Waals surface area contributed by atoms with Gasteiger partial charge in [0.15, 0.2) is 6.10 Å². The minimum absolute atomic E-state index is 0.318.